The molecule has 9 heteroatoms. The summed E-state index contributed by atoms with van der Waals surface area (Å²) in [7, 11) is 0. The number of thioether (sulfide) groups is 1. The third-order valence-corrected chi connectivity index (χ3v) is 6.45. The predicted octanol–water partition coefficient (Wildman–Crippen LogP) is 6.41. The summed E-state index contributed by atoms with van der Waals surface area (Å²) in [4.78, 5) is 13.7. The Morgan fingerprint density at radius 3 is 2.59 bits per heavy atom. The van der Waals surface area contributed by atoms with Crippen molar-refractivity contribution in [2.45, 2.75) is 44.8 Å². The molecule has 29 heavy (non-hydrogen) atoms. The van der Waals surface area contributed by atoms with E-state index in [0.29, 0.717) is 15.7 Å². The summed E-state index contributed by atoms with van der Waals surface area (Å²) in [6.45, 7) is 5.09. The number of thiophene rings is 1. The second-order valence-corrected chi connectivity index (χ2v) is 9.32. The van der Waals surface area contributed by atoms with Crippen LogP contribution in [0.3, 0.4) is 0 Å². The Labute approximate surface area is 188 Å². The van der Waals surface area contributed by atoms with Crippen molar-refractivity contribution < 1.29 is 4.79 Å². The minimum atomic E-state index is -0.151. The molecule has 2 aromatic heterocycles. The van der Waals surface area contributed by atoms with Crippen molar-refractivity contribution in [3.8, 4) is 11.4 Å². The number of carbonyl (C=O) groups is 1. The van der Waals surface area contributed by atoms with Crippen molar-refractivity contribution in [2.75, 3.05) is 11.1 Å². The van der Waals surface area contributed by atoms with E-state index in [1.807, 2.05) is 0 Å². The summed E-state index contributed by atoms with van der Waals surface area (Å²) in [6, 6.07) is 7.14. The van der Waals surface area contributed by atoms with E-state index in [-0.39, 0.29) is 11.7 Å². The maximum absolute atomic E-state index is 12.4. The van der Waals surface area contributed by atoms with Crippen LogP contribution < -0.4 is 5.32 Å². The molecule has 3 aromatic rings. The van der Waals surface area contributed by atoms with Crippen molar-refractivity contribution in [1.82, 2.24) is 14.8 Å². The molecule has 0 radical (unpaired) electrons. The first-order chi connectivity index (χ1) is 14.0. The molecule has 0 spiro atoms. The van der Waals surface area contributed by atoms with Crippen molar-refractivity contribution in [2.24, 2.45) is 0 Å². The second-order valence-electron chi connectivity index (χ2n) is 6.50. The average Bonchev–Trinajstić information content (AvgIpc) is 3.27. The third-order valence-electron chi connectivity index (χ3n) is 4.05. The Hall–Kier alpha value is -1.54. The lowest BCUT2D eigenvalue weighted by atomic mass is 10.2. The van der Waals surface area contributed by atoms with E-state index in [0.717, 1.165) is 42.4 Å². The lowest BCUT2D eigenvalue weighted by molar-refractivity contribution is -0.113. The van der Waals surface area contributed by atoms with Crippen LogP contribution in [0.25, 0.3) is 11.4 Å². The number of amides is 1. The highest BCUT2D eigenvalue weighted by Gasteiger charge is 2.16. The maximum atomic E-state index is 12.4. The summed E-state index contributed by atoms with van der Waals surface area (Å²) in [5.41, 5.74) is 1.66. The molecular weight excluding hydrogens is 447 g/mol. The van der Waals surface area contributed by atoms with E-state index in [1.165, 1.54) is 16.6 Å². The van der Waals surface area contributed by atoms with E-state index in [2.05, 4.69) is 45.4 Å². The first kappa shape index (κ1) is 22.2. The van der Waals surface area contributed by atoms with Gasteiger partial charge in [-0.25, -0.2) is 0 Å². The normalized spacial score (nSPS) is 11.0. The Balaban J connectivity index is 1.70. The van der Waals surface area contributed by atoms with Crippen LogP contribution >= 0.6 is 46.3 Å². The fourth-order valence-corrected chi connectivity index (χ4v) is 5.12. The third kappa shape index (κ3) is 5.98. The zero-order valence-electron chi connectivity index (χ0n) is 16.2. The van der Waals surface area contributed by atoms with Crippen LogP contribution in [0.2, 0.25) is 10.0 Å². The highest BCUT2D eigenvalue weighted by molar-refractivity contribution is 7.99. The molecule has 2 heterocycles. The van der Waals surface area contributed by atoms with Crippen LogP contribution in [0.1, 0.15) is 31.6 Å². The number of hydrogen-bond donors (Lipinski definition) is 1. The molecule has 1 amide bonds. The molecule has 0 fully saturated rings. The second kappa shape index (κ2) is 10.5. The molecule has 0 aliphatic rings. The molecule has 154 valence electrons. The van der Waals surface area contributed by atoms with Gasteiger partial charge < -0.3 is 9.88 Å². The number of carbonyl (C=O) groups excluding carboxylic acids is 1. The molecule has 1 N–H and O–H groups in total. The zero-order chi connectivity index (χ0) is 20.8. The summed E-state index contributed by atoms with van der Waals surface area (Å²) >= 11 is 15.1. The average molecular weight is 469 g/mol. The molecule has 5 nitrogen and oxygen atoms in total. The SMILES string of the molecule is CCCc1cc(-c2nnc(SCC(=O)Nc3cc(Cl)cc(Cl)c3)n2CCC)cs1. The number of benzene rings is 1. The van der Waals surface area contributed by atoms with Crippen molar-refractivity contribution in [3.63, 3.8) is 0 Å². The highest BCUT2D eigenvalue weighted by atomic mass is 35.5. The minimum Gasteiger partial charge on any atom is -0.325 e. The molecule has 0 aliphatic carbocycles. The summed E-state index contributed by atoms with van der Waals surface area (Å²) < 4.78 is 2.09. The first-order valence-corrected chi connectivity index (χ1v) is 12.0. The van der Waals surface area contributed by atoms with Gasteiger partial charge in [-0.1, -0.05) is 55.2 Å². The van der Waals surface area contributed by atoms with E-state index in [4.69, 9.17) is 23.2 Å². The number of halogens is 2. The van der Waals surface area contributed by atoms with Gasteiger partial charge in [-0.05, 0) is 37.1 Å². The van der Waals surface area contributed by atoms with Crippen LogP contribution in [-0.4, -0.2) is 26.4 Å². The Morgan fingerprint density at radius 2 is 1.90 bits per heavy atom. The fraction of sp³-hybridized carbons (Fsp3) is 0.350. The standard InChI is InChI=1S/C20H22Cl2N4OS2/c1-3-5-17-7-13(11-28-17)19-24-25-20(26(19)6-4-2)29-12-18(27)23-16-9-14(21)8-15(22)10-16/h7-11H,3-6,12H2,1-2H3,(H,23,27). The van der Waals surface area contributed by atoms with E-state index in [9.17, 15) is 4.79 Å². The molecule has 0 unspecified atom stereocenters. The number of anilines is 1. The number of aryl methyl sites for hydroxylation is 1. The van der Waals surface area contributed by atoms with E-state index in [1.54, 1.807) is 29.5 Å². The fourth-order valence-electron chi connectivity index (χ4n) is 2.86. The quantitative estimate of drug-likeness (QED) is 0.368. The molecule has 0 aliphatic heterocycles. The van der Waals surface area contributed by atoms with Gasteiger partial charge >= 0.3 is 0 Å². The van der Waals surface area contributed by atoms with Crippen LogP contribution in [0.5, 0.6) is 0 Å². The number of aromatic nitrogens is 3. The Morgan fingerprint density at radius 1 is 1.14 bits per heavy atom. The van der Waals surface area contributed by atoms with Crippen LogP contribution in [0, 0.1) is 0 Å². The van der Waals surface area contributed by atoms with Gasteiger partial charge in [0.15, 0.2) is 11.0 Å². The summed E-state index contributed by atoms with van der Waals surface area (Å²) in [5.74, 6) is 0.924. The number of nitrogens with zero attached hydrogens (tertiary/aromatic N) is 3. The van der Waals surface area contributed by atoms with Crippen LogP contribution in [0.15, 0.2) is 34.8 Å². The van der Waals surface area contributed by atoms with Gasteiger partial charge in [-0.2, -0.15) is 0 Å². The summed E-state index contributed by atoms with van der Waals surface area (Å²) in [5, 5.41) is 15.4. The van der Waals surface area contributed by atoms with Gasteiger partial charge in [0.05, 0.1) is 5.75 Å². The highest BCUT2D eigenvalue weighted by Crippen LogP contribution is 2.29. The Bertz CT molecular complexity index is 967. The molecule has 1 aromatic carbocycles. The lowest BCUT2D eigenvalue weighted by Crippen LogP contribution is -2.14. The van der Waals surface area contributed by atoms with Gasteiger partial charge in [0.1, 0.15) is 0 Å². The molecule has 3 rings (SSSR count). The van der Waals surface area contributed by atoms with E-state index >= 15 is 0 Å². The van der Waals surface area contributed by atoms with Crippen molar-refractivity contribution in [1.29, 1.82) is 0 Å². The zero-order valence-corrected chi connectivity index (χ0v) is 19.4. The molecule has 0 bridgehead atoms. The maximum Gasteiger partial charge on any atom is 0.234 e. The van der Waals surface area contributed by atoms with Gasteiger partial charge in [0.2, 0.25) is 5.91 Å². The van der Waals surface area contributed by atoms with Gasteiger partial charge in [-0.3, -0.25) is 4.79 Å². The number of hydrogen-bond acceptors (Lipinski definition) is 5. The van der Waals surface area contributed by atoms with Gasteiger partial charge in [0.25, 0.3) is 0 Å². The molecule has 0 atom stereocenters. The summed E-state index contributed by atoms with van der Waals surface area (Å²) in [6.07, 6.45) is 3.15. The Kier molecular flexibility index (Phi) is 8.00. The number of rotatable bonds is 9. The smallest absolute Gasteiger partial charge is 0.234 e. The molecular formula is C20H22Cl2N4OS2. The van der Waals surface area contributed by atoms with Gasteiger partial charge in [0, 0.05) is 38.1 Å². The van der Waals surface area contributed by atoms with Crippen molar-refractivity contribution >= 4 is 57.9 Å². The van der Waals surface area contributed by atoms with Gasteiger partial charge in [-0.15, -0.1) is 21.5 Å². The van der Waals surface area contributed by atoms with E-state index < -0.39 is 0 Å². The van der Waals surface area contributed by atoms with Crippen LogP contribution in [-0.2, 0) is 17.8 Å². The monoisotopic (exact) mass is 468 g/mol. The molecule has 0 saturated heterocycles. The molecule has 0 saturated carbocycles. The predicted molar refractivity (Wildman–Crippen MR) is 123 cm³/mol. The lowest BCUT2D eigenvalue weighted by Gasteiger charge is -2.09. The van der Waals surface area contributed by atoms with Crippen molar-refractivity contribution in [3.05, 3.63) is 44.6 Å². The first-order valence-electron chi connectivity index (χ1n) is 9.39. The number of nitrogens with one attached hydrogen (secondary N) is 1. The largest absolute Gasteiger partial charge is 0.325 e. The minimum absolute atomic E-state index is 0.151. The topological polar surface area (TPSA) is 59.8 Å². The van der Waals surface area contributed by atoms with Crippen LogP contribution in [0.4, 0.5) is 5.69 Å².